The van der Waals surface area contributed by atoms with E-state index in [1.807, 2.05) is 0 Å². The highest BCUT2D eigenvalue weighted by atomic mass is 79.9. The van der Waals surface area contributed by atoms with Crippen molar-refractivity contribution >= 4 is 15.9 Å². The summed E-state index contributed by atoms with van der Waals surface area (Å²) in [4.78, 5) is 3.23. The molecule has 0 heterocycles. The smallest absolute Gasteiger partial charge is 0.0230 e. The maximum Gasteiger partial charge on any atom is 0.0230 e. The molecule has 0 saturated heterocycles. The molecule has 0 radical (unpaired) electrons. The quantitative estimate of drug-likeness (QED) is 0.732. The van der Waals surface area contributed by atoms with E-state index in [9.17, 15) is 0 Å². The van der Waals surface area contributed by atoms with E-state index in [1.54, 1.807) is 0 Å². The van der Waals surface area contributed by atoms with Crippen LogP contribution in [0.2, 0.25) is 0 Å². The van der Waals surface area contributed by atoms with Gasteiger partial charge in [-0.15, -0.1) is 0 Å². The number of nitrogens with zero attached hydrogens (tertiary/aromatic N) is 1. The van der Waals surface area contributed by atoms with Gasteiger partial charge in [-0.1, -0.05) is 61.0 Å². The summed E-state index contributed by atoms with van der Waals surface area (Å²) in [6.45, 7) is 9.08. The molecule has 1 saturated carbocycles. The lowest BCUT2D eigenvalue weighted by molar-refractivity contribution is 0.208. The van der Waals surface area contributed by atoms with Crippen LogP contribution in [-0.2, 0) is 12.0 Å². The van der Waals surface area contributed by atoms with Crippen LogP contribution < -0.4 is 0 Å². The van der Waals surface area contributed by atoms with Crippen LogP contribution >= 0.6 is 15.9 Å². The van der Waals surface area contributed by atoms with Crippen LogP contribution in [0.3, 0.4) is 0 Å². The van der Waals surface area contributed by atoms with Crippen molar-refractivity contribution in [3.63, 3.8) is 0 Å². The average Bonchev–Trinajstić information content (AvgIpc) is 2.26. The molecule has 2 heteroatoms. The van der Waals surface area contributed by atoms with Gasteiger partial charge in [-0.2, -0.15) is 0 Å². The fraction of sp³-hybridized carbons (Fsp3) is 0.647. The molecule has 0 bridgehead atoms. The average molecular weight is 324 g/mol. The van der Waals surface area contributed by atoms with Gasteiger partial charge in [-0.25, -0.2) is 0 Å². The van der Waals surface area contributed by atoms with Gasteiger partial charge >= 0.3 is 0 Å². The summed E-state index contributed by atoms with van der Waals surface area (Å²) in [6, 6.07) is 9.12. The van der Waals surface area contributed by atoms with Crippen molar-refractivity contribution < 1.29 is 0 Å². The number of halogens is 1. The first-order valence-electron chi connectivity index (χ1n) is 7.26. The molecule has 1 aromatic carbocycles. The molecule has 0 aromatic heterocycles. The van der Waals surface area contributed by atoms with Crippen molar-refractivity contribution in [2.45, 2.75) is 50.4 Å². The van der Waals surface area contributed by atoms with Crippen molar-refractivity contribution in [2.75, 3.05) is 13.6 Å². The molecule has 2 rings (SSSR count). The van der Waals surface area contributed by atoms with Crippen molar-refractivity contribution in [1.82, 2.24) is 4.90 Å². The van der Waals surface area contributed by atoms with Gasteiger partial charge in [0.2, 0.25) is 0 Å². The maximum atomic E-state index is 3.67. The van der Waals surface area contributed by atoms with Gasteiger partial charge in [0.1, 0.15) is 0 Å². The zero-order valence-electron chi connectivity index (χ0n) is 12.6. The highest BCUT2D eigenvalue weighted by molar-refractivity contribution is 9.09. The molecule has 1 fully saturated rings. The fourth-order valence-electron chi connectivity index (χ4n) is 2.73. The Labute approximate surface area is 126 Å². The number of alkyl halides is 1. The first kappa shape index (κ1) is 15.1. The van der Waals surface area contributed by atoms with Gasteiger partial charge in [0.25, 0.3) is 0 Å². The summed E-state index contributed by atoms with van der Waals surface area (Å²) in [5.41, 5.74) is 3.09. The van der Waals surface area contributed by atoms with Crippen LogP contribution in [0.5, 0.6) is 0 Å². The monoisotopic (exact) mass is 323 g/mol. The van der Waals surface area contributed by atoms with Crippen LogP contribution in [0.4, 0.5) is 0 Å². The van der Waals surface area contributed by atoms with Crippen LogP contribution in [0.25, 0.3) is 0 Å². The molecule has 0 N–H and O–H groups in total. The summed E-state index contributed by atoms with van der Waals surface area (Å²) in [7, 11) is 2.24. The Morgan fingerprint density at radius 2 is 1.74 bits per heavy atom. The standard InChI is InChI=1S/C17H26BrN/c1-17(2,3)15-7-5-13(6-8-15)11-19(4)12-14-9-16(18)10-14/h5-8,14,16H,9-12H2,1-4H3. The highest BCUT2D eigenvalue weighted by Gasteiger charge is 2.27. The third-order valence-electron chi connectivity index (χ3n) is 4.02. The van der Waals surface area contributed by atoms with Crippen molar-refractivity contribution in [1.29, 1.82) is 0 Å². The Kier molecular flexibility index (Phi) is 4.73. The van der Waals surface area contributed by atoms with Gasteiger partial charge in [-0.3, -0.25) is 0 Å². The third-order valence-corrected chi connectivity index (χ3v) is 4.77. The Morgan fingerprint density at radius 3 is 2.21 bits per heavy atom. The molecule has 0 amide bonds. The molecule has 0 spiro atoms. The van der Waals surface area contributed by atoms with Crippen molar-refractivity contribution in [3.8, 4) is 0 Å². The Bertz CT molecular complexity index is 398. The number of hydrogen-bond acceptors (Lipinski definition) is 1. The molecule has 1 aromatic rings. The lowest BCUT2D eigenvalue weighted by atomic mass is 9.85. The lowest BCUT2D eigenvalue weighted by Gasteiger charge is -2.34. The summed E-state index contributed by atoms with van der Waals surface area (Å²) >= 11 is 3.67. The second kappa shape index (κ2) is 5.97. The zero-order chi connectivity index (χ0) is 14.0. The van der Waals surface area contributed by atoms with Crippen LogP contribution in [0.1, 0.15) is 44.7 Å². The predicted octanol–water partition coefficient (Wildman–Crippen LogP) is 4.59. The van der Waals surface area contributed by atoms with E-state index in [-0.39, 0.29) is 5.41 Å². The summed E-state index contributed by atoms with van der Waals surface area (Å²) < 4.78 is 0. The Hall–Kier alpha value is -0.340. The minimum absolute atomic E-state index is 0.251. The van der Waals surface area contributed by atoms with E-state index in [4.69, 9.17) is 0 Å². The van der Waals surface area contributed by atoms with Crippen LogP contribution in [0, 0.1) is 5.92 Å². The van der Waals surface area contributed by atoms with E-state index in [1.165, 1.54) is 30.5 Å². The second-order valence-electron chi connectivity index (χ2n) is 7.08. The van der Waals surface area contributed by atoms with Crippen molar-refractivity contribution in [2.24, 2.45) is 5.92 Å². The fourth-order valence-corrected chi connectivity index (χ4v) is 3.79. The third kappa shape index (κ3) is 4.32. The van der Waals surface area contributed by atoms with Gasteiger partial charge < -0.3 is 4.90 Å². The molecule has 106 valence electrons. The zero-order valence-corrected chi connectivity index (χ0v) is 14.2. The summed E-state index contributed by atoms with van der Waals surface area (Å²) in [5.74, 6) is 0.892. The number of hydrogen-bond donors (Lipinski definition) is 0. The molecular formula is C17H26BrN. The Balaban J connectivity index is 1.85. The highest BCUT2D eigenvalue weighted by Crippen LogP contribution is 2.33. The van der Waals surface area contributed by atoms with Crippen molar-refractivity contribution in [3.05, 3.63) is 35.4 Å². The summed E-state index contributed by atoms with van der Waals surface area (Å²) in [5, 5.41) is 0. The Morgan fingerprint density at radius 1 is 1.16 bits per heavy atom. The molecule has 1 nitrogen and oxygen atoms in total. The van der Waals surface area contributed by atoms with E-state index in [2.05, 4.69) is 72.9 Å². The van der Waals surface area contributed by atoms with Crippen LogP contribution in [-0.4, -0.2) is 23.3 Å². The van der Waals surface area contributed by atoms with Gasteiger partial charge in [0.15, 0.2) is 0 Å². The normalized spacial score (nSPS) is 23.5. The second-order valence-corrected chi connectivity index (χ2v) is 8.37. The predicted molar refractivity (Wildman–Crippen MR) is 86.9 cm³/mol. The largest absolute Gasteiger partial charge is 0.302 e. The molecular weight excluding hydrogens is 298 g/mol. The van der Waals surface area contributed by atoms with Crippen LogP contribution in [0.15, 0.2) is 24.3 Å². The van der Waals surface area contributed by atoms with E-state index >= 15 is 0 Å². The first-order valence-corrected chi connectivity index (χ1v) is 8.18. The van der Waals surface area contributed by atoms with E-state index < -0.39 is 0 Å². The molecule has 0 aliphatic heterocycles. The van der Waals surface area contributed by atoms with Gasteiger partial charge in [-0.05, 0) is 42.3 Å². The summed E-state index contributed by atoms with van der Waals surface area (Å²) in [6.07, 6.45) is 2.68. The molecule has 0 unspecified atom stereocenters. The number of benzene rings is 1. The molecule has 19 heavy (non-hydrogen) atoms. The van der Waals surface area contributed by atoms with Gasteiger partial charge in [0.05, 0.1) is 0 Å². The maximum absolute atomic E-state index is 3.67. The van der Waals surface area contributed by atoms with E-state index in [0.29, 0.717) is 0 Å². The molecule has 1 aliphatic rings. The minimum atomic E-state index is 0.251. The minimum Gasteiger partial charge on any atom is -0.302 e. The van der Waals surface area contributed by atoms with E-state index in [0.717, 1.165) is 17.3 Å². The SMILES string of the molecule is CN(Cc1ccc(C(C)(C)C)cc1)CC1CC(Br)C1. The first-order chi connectivity index (χ1) is 8.84. The number of rotatable bonds is 4. The molecule has 1 aliphatic carbocycles. The lowest BCUT2D eigenvalue weighted by Crippen LogP contribution is -2.34. The molecule has 0 atom stereocenters. The van der Waals surface area contributed by atoms with Gasteiger partial charge in [0, 0.05) is 17.9 Å². The topological polar surface area (TPSA) is 3.24 Å².